The Hall–Kier alpha value is -2.63. The lowest BCUT2D eigenvalue weighted by Gasteiger charge is -2.08. The Bertz CT molecular complexity index is 593. The van der Waals surface area contributed by atoms with Crippen LogP contribution < -0.4 is 10.6 Å². The molecule has 0 atom stereocenters. The maximum Gasteiger partial charge on any atom is 0.323 e. The summed E-state index contributed by atoms with van der Waals surface area (Å²) in [6.45, 7) is -0.427. The molecule has 0 saturated carbocycles. The van der Waals surface area contributed by atoms with Gasteiger partial charge in [0.2, 0.25) is 0 Å². The molecule has 0 fully saturated rings. The quantitative estimate of drug-likeness (QED) is 0.763. The van der Waals surface area contributed by atoms with Gasteiger partial charge < -0.3 is 15.7 Å². The molecule has 3 N–H and O–H groups in total. The van der Waals surface area contributed by atoms with Crippen LogP contribution >= 0.6 is 0 Å². The number of amides is 2. The predicted molar refractivity (Wildman–Crippen MR) is 66.4 cm³/mol. The molecule has 0 bridgehead atoms. The zero-order valence-electron chi connectivity index (χ0n) is 9.38. The van der Waals surface area contributed by atoms with E-state index in [4.69, 9.17) is 5.11 Å². The SMILES string of the molecule is O=C(O)CNC(=O)Nc1cccc2cccnc12. The van der Waals surface area contributed by atoms with Crippen molar-refractivity contribution in [3.8, 4) is 0 Å². The minimum Gasteiger partial charge on any atom is -0.480 e. The molecule has 0 unspecified atom stereocenters. The Morgan fingerprint density at radius 1 is 1.22 bits per heavy atom. The summed E-state index contributed by atoms with van der Waals surface area (Å²) in [5, 5.41) is 14.1. The highest BCUT2D eigenvalue weighted by Crippen LogP contribution is 2.20. The summed E-state index contributed by atoms with van der Waals surface area (Å²) in [5.41, 5.74) is 1.20. The first kappa shape index (κ1) is 11.8. The van der Waals surface area contributed by atoms with Crippen molar-refractivity contribution in [1.82, 2.24) is 10.3 Å². The number of anilines is 1. The molecule has 0 aliphatic heterocycles. The summed E-state index contributed by atoms with van der Waals surface area (Å²) in [4.78, 5) is 25.9. The van der Waals surface area contributed by atoms with E-state index in [1.54, 1.807) is 24.4 Å². The molecule has 0 radical (unpaired) electrons. The van der Waals surface area contributed by atoms with E-state index in [1.165, 1.54) is 0 Å². The smallest absolute Gasteiger partial charge is 0.323 e. The Kier molecular flexibility index (Phi) is 3.38. The fourth-order valence-electron chi connectivity index (χ4n) is 1.53. The van der Waals surface area contributed by atoms with Gasteiger partial charge in [-0.3, -0.25) is 9.78 Å². The number of aliphatic carboxylic acids is 1. The van der Waals surface area contributed by atoms with Crippen LogP contribution in [0.25, 0.3) is 10.9 Å². The summed E-state index contributed by atoms with van der Waals surface area (Å²) in [5.74, 6) is -1.10. The van der Waals surface area contributed by atoms with Gasteiger partial charge in [-0.1, -0.05) is 18.2 Å². The second-order valence-electron chi connectivity index (χ2n) is 3.58. The van der Waals surface area contributed by atoms with Crippen molar-refractivity contribution in [2.75, 3.05) is 11.9 Å². The van der Waals surface area contributed by atoms with Crippen LogP contribution in [0.15, 0.2) is 36.5 Å². The van der Waals surface area contributed by atoms with Crippen molar-refractivity contribution in [2.45, 2.75) is 0 Å². The van der Waals surface area contributed by atoms with E-state index in [9.17, 15) is 9.59 Å². The van der Waals surface area contributed by atoms with Crippen molar-refractivity contribution in [3.05, 3.63) is 36.5 Å². The number of carboxylic acids is 1. The number of nitrogens with zero attached hydrogens (tertiary/aromatic N) is 1. The molecule has 1 aromatic carbocycles. The molecule has 1 aromatic heterocycles. The highest BCUT2D eigenvalue weighted by Gasteiger charge is 2.06. The van der Waals surface area contributed by atoms with E-state index in [1.807, 2.05) is 12.1 Å². The fourth-order valence-corrected chi connectivity index (χ4v) is 1.53. The summed E-state index contributed by atoms with van der Waals surface area (Å²) in [6, 6.07) is 8.48. The van der Waals surface area contributed by atoms with Gasteiger partial charge in [-0.2, -0.15) is 0 Å². The third-order valence-corrected chi connectivity index (χ3v) is 2.28. The van der Waals surface area contributed by atoms with Gasteiger partial charge in [0.1, 0.15) is 6.54 Å². The minimum atomic E-state index is -1.10. The van der Waals surface area contributed by atoms with Crippen LogP contribution in [0, 0.1) is 0 Å². The van der Waals surface area contributed by atoms with Gasteiger partial charge in [-0.05, 0) is 12.1 Å². The van der Waals surface area contributed by atoms with Crippen LogP contribution in [0.1, 0.15) is 0 Å². The Morgan fingerprint density at radius 2 is 2.00 bits per heavy atom. The summed E-state index contributed by atoms with van der Waals surface area (Å²) in [6.07, 6.45) is 1.63. The number of carbonyl (C=O) groups excluding carboxylic acids is 1. The van der Waals surface area contributed by atoms with E-state index in [0.29, 0.717) is 11.2 Å². The van der Waals surface area contributed by atoms with Gasteiger partial charge in [0.15, 0.2) is 0 Å². The van der Waals surface area contributed by atoms with Crippen LogP contribution in [0.5, 0.6) is 0 Å². The van der Waals surface area contributed by atoms with Gasteiger partial charge in [-0.15, -0.1) is 0 Å². The second kappa shape index (κ2) is 5.13. The van der Waals surface area contributed by atoms with Crippen LogP contribution in [0.2, 0.25) is 0 Å². The number of pyridine rings is 1. The maximum atomic E-state index is 11.4. The van der Waals surface area contributed by atoms with Gasteiger partial charge in [0, 0.05) is 11.6 Å². The molecule has 0 spiro atoms. The largest absolute Gasteiger partial charge is 0.480 e. The lowest BCUT2D eigenvalue weighted by Crippen LogP contribution is -2.33. The normalized spacial score (nSPS) is 10.0. The first-order valence-electron chi connectivity index (χ1n) is 5.27. The Balaban J connectivity index is 2.16. The first-order valence-corrected chi connectivity index (χ1v) is 5.27. The van der Waals surface area contributed by atoms with Gasteiger partial charge in [0.25, 0.3) is 0 Å². The molecule has 6 nitrogen and oxygen atoms in total. The summed E-state index contributed by atoms with van der Waals surface area (Å²) < 4.78 is 0. The molecule has 2 amide bonds. The van der Waals surface area contributed by atoms with Gasteiger partial charge in [-0.25, -0.2) is 4.79 Å². The Labute approximate surface area is 103 Å². The number of hydrogen-bond donors (Lipinski definition) is 3. The molecule has 0 aliphatic carbocycles. The number of rotatable bonds is 3. The number of hydrogen-bond acceptors (Lipinski definition) is 3. The summed E-state index contributed by atoms with van der Waals surface area (Å²) >= 11 is 0. The average Bonchev–Trinajstić information content (AvgIpc) is 2.37. The molecule has 6 heteroatoms. The van der Waals surface area contributed by atoms with Crippen LogP contribution in [0.3, 0.4) is 0 Å². The van der Waals surface area contributed by atoms with Crippen LogP contribution in [0.4, 0.5) is 10.5 Å². The zero-order chi connectivity index (χ0) is 13.0. The predicted octanol–water partition coefficient (Wildman–Crippen LogP) is 1.44. The van der Waals surface area contributed by atoms with E-state index in [2.05, 4.69) is 15.6 Å². The topological polar surface area (TPSA) is 91.3 Å². The lowest BCUT2D eigenvalue weighted by molar-refractivity contribution is -0.135. The van der Waals surface area contributed by atoms with Gasteiger partial charge >= 0.3 is 12.0 Å². The lowest BCUT2D eigenvalue weighted by atomic mass is 10.2. The third kappa shape index (κ3) is 2.73. The van der Waals surface area contributed by atoms with Crippen molar-refractivity contribution in [1.29, 1.82) is 0 Å². The van der Waals surface area contributed by atoms with Crippen molar-refractivity contribution in [3.63, 3.8) is 0 Å². The van der Waals surface area contributed by atoms with Crippen LogP contribution in [-0.2, 0) is 4.79 Å². The van der Waals surface area contributed by atoms with E-state index in [-0.39, 0.29) is 0 Å². The fraction of sp³-hybridized carbons (Fsp3) is 0.0833. The number of para-hydroxylation sites is 1. The molecule has 92 valence electrons. The number of benzene rings is 1. The molecular weight excluding hydrogens is 234 g/mol. The molecule has 2 aromatic rings. The number of carbonyl (C=O) groups is 2. The highest BCUT2D eigenvalue weighted by molar-refractivity contribution is 6.00. The molecular formula is C12H11N3O3. The highest BCUT2D eigenvalue weighted by atomic mass is 16.4. The van der Waals surface area contributed by atoms with Crippen molar-refractivity contribution < 1.29 is 14.7 Å². The minimum absolute atomic E-state index is 0.427. The first-order chi connectivity index (χ1) is 8.66. The number of nitrogens with one attached hydrogen (secondary N) is 2. The third-order valence-electron chi connectivity index (χ3n) is 2.28. The number of urea groups is 1. The van der Waals surface area contributed by atoms with E-state index >= 15 is 0 Å². The van der Waals surface area contributed by atoms with E-state index < -0.39 is 18.5 Å². The Morgan fingerprint density at radius 3 is 2.78 bits per heavy atom. The summed E-state index contributed by atoms with van der Waals surface area (Å²) in [7, 11) is 0. The molecule has 0 saturated heterocycles. The molecule has 18 heavy (non-hydrogen) atoms. The average molecular weight is 245 g/mol. The second-order valence-corrected chi connectivity index (χ2v) is 3.58. The maximum absolute atomic E-state index is 11.4. The number of carboxylic acid groups (broad SMARTS) is 1. The number of aromatic nitrogens is 1. The zero-order valence-corrected chi connectivity index (χ0v) is 9.38. The monoisotopic (exact) mass is 245 g/mol. The molecule has 0 aliphatic rings. The van der Waals surface area contributed by atoms with Gasteiger partial charge in [0.05, 0.1) is 11.2 Å². The van der Waals surface area contributed by atoms with Crippen molar-refractivity contribution in [2.24, 2.45) is 0 Å². The number of fused-ring (bicyclic) bond motifs is 1. The van der Waals surface area contributed by atoms with E-state index in [0.717, 1.165) is 5.39 Å². The standard InChI is InChI=1S/C12H11N3O3/c16-10(17)7-14-12(18)15-9-5-1-3-8-4-2-6-13-11(8)9/h1-6H,7H2,(H,16,17)(H2,14,15,18). The molecule has 2 rings (SSSR count). The van der Waals surface area contributed by atoms with Crippen LogP contribution in [-0.4, -0.2) is 28.6 Å². The van der Waals surface area contributed by atoms with Crippen molar-refractivity contribution >= 4 is 28.6 Å². The molecule has 1 heterocycles.